The predicted octanol–water partition coefficient (Wildman–Crippen LogP) is -9.75. The summed E-state index contributed by atoms with van der Waals surface area (Å²) in [7, 11) is 0. The van der Waals surface area contributed by atoms with E-state index in [2.05, 4.69) is 0 Å². The molecular weight excluding hydrogens is 624 g/mol. The maximum absolute atomic E-state index is 11.0. The van der Waals surface area contributed by atoms with Crippen molar-refractivity contribution in [3.8, 4) is 0 Å². The van der Waals surface area contributed by atoms with Crippen molar-refractivity contribution in [3.63, 3.8) is 0 Å². The van der Waals surface area contributed by atoms with E-state index in [1.54, 1.807) is 0 Å². The molecule has 4 aliphatic rings. The third-order valence-corrected chi connectivity index (χ3v) is 8.21. The fraction of sp³-hybridized carbons (Fsp3) is 1.00. The normalized spacial score (nSPS) is 52.9. The highest BCUT2D eigenvalue weighted by molar-refractivity contribution is 4.97. The molecule has 21 heteroatoms. The quantitative estimate of drug-likeness (QED) is 0.103. The molecule has 4 fully saturated rings. The summed E-state index contributed by atoms with van der Waals surface area (Å²) in [5, 5.41) is 143. The van der Waals surface area contributed by atoms with Crippen molar-refractivity contribution >= 4 is 0 Å². The summed E-state index contributed by atoms with van der Waals surface area (Å²) in [6.07, 6.45) is -36.6. The van der Waals surface area contributed by atoms with E-state index in [1.807, 2.05) is 0 Å². The van der Waals surface area contributed by atoms with Crippen LogP contribution in [0.4, 0.5) is 0 Å². The minimum atomic E-state index is -2.03. The van der Waals surface area contributed by atoms with Gasteiger partial charge in [0.2, 0.25) is 0 Å². The molecule has 0 spiro atoms. The maximum atomic E-state index is 11.0. The van der Waals surface area contributed by atoms with Gasteiger partial charge in [-0.2, -0.15) is 0 Å². The van der Waals surface area contributed by atoms with Crippen LogP contribution >= 0.6 is 0 Å². The van der Waals surface area contributed by atoms with Gasteiger partial charge in [0.05, 0.1) is 26.4 Å². The first-order valence-electron chi connectivity index (χ1n) is 14.1. The molecule has 4 saturated heterocycles. The molecule has 21 nitrogen and oxygen atoms in total. The average Bonchev–Trinajstić information content (AvgIpc) is 3.03. The van der Waals surface area contributed by atoms with Gasteiger partial charge in [0.15, 0.2) is 25.2 Å². The van der Waals surface area contributed by atoms with Crippen LogP contribution in [0.5, 0.6) is 0 Å². The van der Waals surface area contributed by atoms with Crippen molar-refractivity contribution in [2.75, 3.05) is 26.4 Å². The molecule has 264 valence electrons. The van der Waals surface area contributed by atoms with E-state index in [0.29, 0.717) is 0 Å². The summed E-state index contributed by atoms with van der Waals surface area (Å²) in [5.41, 5.74) is 0. The highest BCUT2D eigenvalue weighted by Gasteiger charge is 2.55. The molecule has 4 rings (SSSR count). The SMILES string of the molecule is OC[C@H]1O[C@H](O[C@H]2[C@@H](O[C@H]3[C@@H](O[C@@H]4[C@@H](O)[C@H](O)O[C@H](CO)[C@H]4O)O[C@H](CO)[C@@H](O)[C@@H]3O)O[C@H](CO)[C@H](O)[C@@H]2O)[C@H](O)[C@@H](O)[C@H]1O. The van der Waals surface area contributed by atoms with Gasteiger partial charge in [0.25, 0.3) is 0 Å². The minimum absolute atomic E-state index is 0.827. The topological polar surface area (TPSA) is 348 Å². The molecule has 20 atom stereocenters. The molecular formula is C24H42O21. The number of rotatable bonds is 10. The molecule has 0 aliphatic carbocycles. The lowest BCUT2D eigenvalue weighted by molar-refractivity contribution is -0.403. The molecule has 0 aromatic heterocycles. The Morgan fingerprint density at radius 1 is 0.333 bits per heavy atom. The van der Waals surface area contributed by atoms with Gasteiger partial charge in [-0.1, -0.05) is 0 Å². The zero-order valence-electron chi connectivity index (χ0n) is 23.5. The molecule has 14 N–H and O–H groups in total. The zero-order valence-corrected chi connectivity index (χ0v) is 23.5. The first-order valence-corrected chi connectivity index (χ1v) is 14.1. The Kier molecular flexibility index (Phi) is 12.8. The molecule has 0 aromatic carbocycles. The van der Waals surface area contributed by atoms with Crippen LogP contribution in [0, 0.1) is 0 Å². The second kappa shape index (κ2) is 15.6. The van der Waals surface area contributed by atoms with Crippen molar-refractivity contribution in [1.29, 1.82) is 0 Å². The van der Waals surface area contributed by atoms with E-state index in [9.17, 15) is 71.5 Å². The van der Waals surface area contributed by atoms with Crippen molar-refractivity contribution in [2.45, 2.75) is 123 Å². The van der Waals surface area contributed by atoms with Crippen LogP contribution in [-0.2, 0) is 33.2 Å². The number of hydrogen-bond acceptors (Lipinski definition) is 21. The lowest BCUT2D eigenvalue weighted by Crippen LogP contribution is -2.68. The molecule has 0 aromatic rings. The summed E-state index contributed by atoms with van der Waals surface area (Å²) in [5.74, 6) is 0. The van der Waals surface area contributed by atoms with E-state index < -0.39 is 149 Å². The van der Waals surface area contributed by atoms with Crippen LogP contribution in [0.1, 0.15) is 0 Å². The zero-order chi connectivity index (χ0) is 33.3. The van der Waals surface area contributed by atoms with Gasteiger partial charge in [0, 0.05) is 0 Å². The Labute approximate surface area is 254 Å². The van der Waals surface area contributed by atoms with Crippen LogP contribution in [-0.4, -0.2) is 221 Å². The third kappa shape index (κ3) is 7.44. The number of ether oxygens (including phenoxy) is 7. The molecule has 0 unspecified atom stereocenters. The van der Waals surface area contributed by atoms with Crippen molar-refractivity contribution in [2.24, 2.45) is 0 Å². The first-order chi connectivity index (χ1) is 21.3. The molecule has 0 saturated carbocycles. The van der Waals surface area contributed by atoms with Gasteiger partial charge < -0.3 is 105 Å². The summed E-state index contributed by atoms with van der Waals surface area (Å²) in [4.78, 5) is 0. The van der Waals surface area contributed by atoms with E-state index in [-0.39, 0.29) is 0 Å². The number of aliphatic hydroxyl groups excluding tert-OH is 14. The van der Waals surface area contributed by atoms with Gasteiger partial charge in [-0.05, 0) is 0 Å². The maximum Gasteiger partial charge on any atom is 0.187 e. The van der Waals surface area contributed by atoms with Crippen LogP contribution < -0.4 is 0 Å². The van der Waals surface area contributed by atoms with Gasteiger partial charge in [-0.25, -0.2) is 0 Å². The lowest BCUT2D eigenvalue weighted by atomic mass is 9.96. The Bertz CT molecular complexity index is 916. The monoisotopic (exact) mass is 666 g/mol. The van der Waals surface area contributed by atoms with E-state index in [1.165, 1.54) is 0 Å². The van der Waals surface area contributed by atoms with E-state index in [4.69, 9.17) is 33.2 Å². The van der Waals surface area contributed by atoms with Crippen molar-refractivity contribution in [1.82, 2.24) is 0 Å². The average molecular weight is 667 g/mol. The fourth-order valence-corrected chi connectivity index (χ4v) is 5.49. The predicted molar refractivity (Wildman–Crippen MR) is 134 cm³/mol. The van der Waals surface area contributed by atoms with Gasteiger partial charge in [-0.3, -0.25) is 0 Å². The van der Waals surface area contributed by atoms with Crippen molar-refractivity contribution < 1.29 is 105 Å². The molecule has 0 radical (unpaired) electrons. The number of aliphatic hydroxyl groups is 14. The highest BCUT2D eigenvalue weighted by atomic mass is 16.8. The Balaban J connectivity index is 1.63. The molecule has 0 amide bonds. The standard InChI is InChI=1S/C24H42O21/c25-1-5-9(29)13(33)16(36)22(40-5)44-19-14(34)10(30)7(3-27)42-24(19)45-20-15(35)11(31)6(2-26)41-23(20)43-18-12(32)8(4-28)39-21(38)17(18)37/h5-38H,1-4H2/t5-,6-,7-,8-,9+,10+,11-,12-,13+,14+,15+,16-,17-,18+,19-,20-,21-,22-,23-,24-/m1/s1. The second-order valence-electron chi connectivity index (χ2n) is 11.1. The highest BCUT2D eigenvalue weighted by Crippen LogP contribution is 2.34. The first kappa shape index (κ1) is 37.0. The van der Waals surface area contributed by atoms with Crippen molar-refractivity contribution in [3.05, 3.63) is 0 Å². The lowest BCUT2D eigenvalue weighted by Gasteiger charge is -2.49. The Morgan fingerprint density at radius 3 is 1.13 bits per heavy atom. The van der Waals surface area contributed by atoms with Crippen LogP contribution in [0.25, 0.3) is 0 Å². The summed E-state index contributed by atoms with van der Waals surface area (Å²) in [6, 6.07) is 0. The van der Waals surface area contributed by atoms with E-state index in [0.717, 1.165) is 0 Å². The van der Waals surface area contributed by atoms with E-state index >= 15 is 0 Å². The summed E-state index contributed by atoms with van der Waals surface area (Å²) < 4.78 is 38.2. The molecule has 4 heterocycles. The Hall–Kier alpha value is -0.840. The van der Waals surface area contributed by atoms with Crippen LogP contribution in [0.2, 0.25) is 0 Å². The molecule has 0 bridgehead atoms. The second-order valence-corrected chi connectivity index (χ2v) is 11.1. The fourth-order valence-electron chi connectivity index (χ4n) is 5.49. The van der Waals surface area contributed by atoms with Crippen LogP contribution in [0.3, 0.4) is 0 Å². The minimum Gasteiger partial charge on any atom is -0.394 e. The largest absolute Gasteiger partial charge is 0.394 e. The van der Waals surface area contributed by atoms with Gasteiger partial charge in [-0.15, -0.1) is 0 Å². The smallest absolute Gasteiger partial charge is 0.187 e. The summed E-state index contributed by atoms with van der Waals surface area (Å²) in [6.45, 7) is -3.45. The van der Waals surface area contributed by atoms with Gasteiger partial charge in [0.1, 0.15) is 97.7 Å². The summed E-state index contributed by atoms with van der Waals surface area (Å²) >= 11 is 0. The molecule has 4 aliphatic heterocycles. The Morgan fingerprint density at radius 2 is 0.689 bits per heavy atom. The van der Waals surface area contributed by atoms with Crippen LogP contribution in [0.15, 0.2) is 0 Å². The third-order valence-electron chi connectivity index (χ3n) is 8.21. The van der Waals surface area contributed by atoms with Gasteiger partial charge >= 0.3 is 0 Å². The number of hydrogen-bond donors (Lipinski definition) is 14. The molecule has 45 heavy (non-hydrogen) atoms.